The quantitative estimate of drug-likeness (QED) is 0.742. The van der Waals surface area contributed by atoms with Crippen LogP contribution in [0, 0.1) is 0 Å². The van der Waals surface area contributed by atoms with E-state index in [1.165, 1.54) is 0 Å². The number of nitrogens with two attached hydrogens (primary N) is 1. The van der Waals surface area contributed by atoms with Crippen molar-refractivity contribution in [2.24, 2.45) is 0 Å². The number of halogens is 1. The van der Waals surface area contributed by atoms with Crippen LogP contribution in [0.4, 0.5) is 5.69 Å². The second-order valence-electron chi connectivity index (χ2n) is 6.72. The molecule has 1 saturated heterocycles. The van der Waals surface area contributed by atoms with Gasteiger partial charge in [-0.1, -0.05) is 29.8 Å². The van der Waals surface area contributed by atoms with Gasteiger partial charge in [0, 0.05) is 49.9 Å². The number of para-hydroxylation sites is 1. The lowest BCUT2D eigenvalue weighted by Crippen LogP contribution is -2.49. The highest BCUT2D eigenvalue weighted by molar-refractivity contribution is 6.30. The molecule has 1 aliphatic heterocycles. The normalized spacial score (nSPS) is 14.9. The summed E-state index contributed by atoms with van der Waals surface area (Å²) in [5.74, 6) is 1.03. The first-order valence-corrected chi connectivity index (χ1v) is 9.71. The van der Waals surface area contributed by atoms with Crippen molar-refractivity contribution in [2.45, 2.75) is 12.8 Å². The van der Waals surface area contributed by atoms with E-state index in [4.69, 9.17) is 22.1 Å². The number of carbonyl (C=O) groups is 1. The zero-order valence-electron chi connectivity index (χ0n) is 15.4. The molecule has 1 aliphatic rings. The second kappa shape index (κ2) is 9.62. The maximum Gasteiger partial charge on any atom is 0.222 e. The Morgan fingerprint density at radius 2 is 1.74 bits per heavy atom. The van der Waals surface area contributed by atoms with E-state index in [0.29, 0.717) is 24.5 Å². The van der Waals surface area contributed by atoms with Crippen LogP contribution in [0.5, 0.6) is 5.75 Å². The largest absolute Gasteiger partial charge is 0.492 e. The summed E-state index contributed by atoms with van der Waals surface area (Å²) >= 11 is 5.87. The van der Waals surface area contributed by atoms with Crippen molar-refractivity contribution in [3.8, 4) is 5.75 Å². The van der Waals surface area contributed by atoms with Crippen LogP contribution in [-0.4, -0.2) is 55.0 Å². The molecule has 6 heteroatoms. The summed E-state index contributed by atoms with van der Waals surface area (Å²) in [7, 11) is 0. The van der Waals surface area contributed by atoms with Crippen LogP contribution in [-0.2, 0) is 11.2 Å². The molecule has 0 radical (unpaired) electrons. The smallest absolute Gasteiger partial charge is 0.222 e. The molecule has 0 spiro atoms. The maximum absolute atomic E-state index is 12.4. The molecule has 0 atom stereocenters. The molecule has 0 saturated carbocycles. The molecule has 3 rings (SSSR count). The third kappa shape index (κ3) is 5.88. The molecule has 1 amide bonds. The molecule has 0 unspecified atom stereocenters. The molecular formula is C21H26ClN3O2. The molecule has 2 aromatic rings. The fourth-order valence-corrected chi connectivity index (χ4v) is 3.33. The fourth-order valence-electron chi connectivity index (χ4n) is 3.21. The standard InChI is InChI=1S/C21H26ClN3O2/c22-18-6-8-19(9-7-18)27-16-15-24-11-13-25(14-12-24)21(26)10-5-17-3-1-2-4-20(17)23/h1-4,6-9H,5,10-16,23H2. The van der Waals surface area contributed by atoms with E-state index >= 15 is 0 Å². The van der Waals surface area contributed by atoms with Gasteiger partial charge in [-0.05, 0) is 42.3 Å². The average molecular weight is 388 g/mol. The first-order valence-electron chi connectivity index (χ1n) is 9.34. The highest BCUT2D eigenvalue weighted by atomic mass is 35.5. The van der Waals surface area contributed by atoms with E-state index in [1.807, 2.05) is 53.4 Å². The van der Waals surface area contributed by atoms with Gasteiger partial charge < -0.3 is 15.4 Å². The number of amides is 1. The topological polar surface area (TPSA) is 58.8 Å². The lowest BCUT2D eigenvalue weighted by atomic mass is 10.1. The van der Waals surface area contributed by atoms with Gasteiger partial charge in [0.25, 0.3) is 0 Å². The second-order valence-corrected chi connectivity index (χ2v) is 7.16. The number of nitrogens with zero attached hydrogens (tertiary/aromatic N) is 2. The van der Waals surface area contributed by atoms with E-state index in [1.54, 1.807) is 0 Å². The van der Waals surface area contributed by atoms with Crippen LogP contribution < -0.4 is 10.5 Å². The van der Waals surface area contributed by atoms with Crippen LogP contribution in [0.15, 0.2) is 48.5 Å². The number of carbonyl (C=O) groups excluding carboxylic acids is 1. The zero-order valence-corrected chi connectivity index (χ0v) is 16.2. The van der Waals surface area contributed by atoms with Crippen LogP contribution >= 0.6 is 11.6 Å². The van der Waals surface area contributed by atoms with Crippen molar-refractivity contribution in [1.29, 1.82) is 0 Å². The summed E-state index contributed by atoms with van der Waals surface area (Å²) in [6.07, 6.45) is 1.20. The highest BCUT2D eigenvalue weighted by Crippen LogP contribution is 2.16. The molecule has 2 aromatic carbocycles. The summed E-state index contributed by atoms with van der Waals surface area (Å²) in [4.78, 5) is 16.7. The number of hydrogen-bond donors (Lipinski definition) is 1. The number of benzene rings is 2. The van der Waals surface area contributed by atoms with Gasteiger partial charge in [0.05, 0.1) is 0 Å². The first-order chi connectivity index (χ1) is 13.1. The van der Waals surface area contributed by atoms with Gasteiger partial charge >= 0.3 is 0 Å². The number of piperazine rings is 1. The number of rotatable bonds is 7. The lowest BCUT2D eigenvalue weighted by Gasteiger charge is -2.34. The predicted molar refractivity (Wildman–Crippen MR) is 109 cm³/mol. The number of ether oxygens (including phenoxy) is 1. The highest BCUT2D eigenvalue weighted by Gasteiger charge is 2.20. The molecule has 5 nitrogen and oxygen atoms in total. The van der Waals surface area contributed by atoms with Crippen molar-refractivity contribution in [3.63, 3.8) is 0 Å². The van der Waals surface area contributed by atoms with Gasteiger partial charge in [0.1, 0.15) is 12.4 Å². The molecule has 1 fully saturated rings. The Morgan fingerprint density at radius 3 is 2.44 bits per heavy atom. The van der Waals surface area contributed by atoms with Crippen molar-refractivity contribution < 1.29 is 9.53 Å². The predicted octanol–water partition coefficient (Wildman–Crippen LogP) is 3.08. The number of aryl methyl sites for hydroxylation is 1. The molecule has 0 bridgehead atoms. The SMILES string of the molecule is Nc1ccccc1CCC(=O)N1CCN(CCOc2ccc(Cl)cc2)CC1. The summed E-state index contributed by atoms with van der Waals surface area (Å²) < 4.78 is 5.74. The molecule has 144 valence electrons. The third-order valence-corrected chi connectivity index (χ3v) is 5.13. The Hall–Kier alpha value is -2.24. The zero-order chi connectivity index (χ0) is 19.1. The number of anilines is 1. The number of nitrogen functional groups attached to an aromatic ring is 1. The minimum atomic E-state index is 0.204. The van der Waals surface area contributed by atoms with Crippen LogP contribution in [0.25, 0.3) is 0 Å². The van der Waals surface area contributed by atoms with Crippen LogP contribution in [0.2, 0.25) is 5.02 Å². The van der Waals surface area contributed by atoms with Gasteiger partial charge in [-0.25, -0.2) is 0 Å². The molecule has 27 heavy (non-hydrogen) atoms. The van der Waals surface area contributed by atoms with E-state index in [2.05, 4.69) is 4.90 Å². The molecule has 0 aromatic heterocycles. The average Bonchev–Trinajstić information content (AvgIpc) is 2.69. The van der Waals surface area contributed by atoms with E-state index in [9.17, 15) is 4.79 Å². The third-order valence-electron chi connectivity index (χ3n) is 4.88. The van der Waals surface area contributed by atoms with Gasteiger partial charge in [0.15, 0.2) is 0 Å². The molecule has 0 aliphatic carbocycles. The van der Waals surface area contributed by atoms with E-state index < -0.39 is 0 Å². The Balaban J connectivity index is 1.35. The molecular weight excluding hydrogens is 362 g/mol. The minimum Gasteiger partial charge on any atom is -0.492 e. The van der Waals surface area contributed by atoms with Crippen molar-refractivity contribution in [2.75, 3.05) is 45.1 Å². The van der Waals surface area contributed by atoms with Gasteiger partial charge in [0.2, 0.25) is 5.91 Å². The summed E-state index contributed by atoms with van der Waals surface area (Å²) in [5, 5.41) is 0.707. The van der Waals surface area contributed by atoms with Gasteiger partial charge in [-0.2, -0.15) is 0 Å². The Morgan fingerprint density at radius 1 is 1.04 bits per heavy atom. The van der Waals surface area contributed by atoms with Crippen LogP contribution in [0.3, 0.4) is 0 Å². The Labute approximate surface area is 165 Å². The maximum atomic E-state index is 12.4. The summed E-state index contributed by atoms with van der Waals surface area (Å²) in [5.41, 5.74) is 7.75. The Bertz CT molecular complexity index is 743. The van der Waals surface area contributed by atoms with Crippen molar-refractivity contribution in [3.05, 3.63) is 59.1 Å². The summed E-state index contributed by atoms with van der Waals surface area (Å²) in [6.45, 7) is 4.77. The summed E-state index contributed by atoms with van der Waals surface area (Å²) in [6, 6.07) is 15.1. The minimum absolute atomic E-state index is 0.204. The van der Waals surface area contributed by atoms with E-state index in [0.717, 1.165) is 49.7 Å². The molecule has 1 heterocycles. The Kier molecular flexibility index (Phi) is 6.96. The monoisotopic (exact) mass is 387 g/mol. The lowest BCUT2D eigenvalue weighted by molar-refractivity contribution is -0.132. The number of hydrogen-bond acceptors (Lipinski definition) is 4. The first kappa shape index (κ1) is 19.5. The van der Waals surface area contributed by atoms with Crippen molar-refractivity contribution >= 4 is 23.2 Å². The van der Waals surface area contributed by atoms with Crippen LogP contribution in [0.1, 0.15) is 12.0 Å². The van der Waals surface area contributed by atoms with E-state index in [-0.39, 0.29) is 5.91 Å². The van der Waals surface area contributed by atoms with Gasteiger partial charge in [-0.3, -0.25) is 9.69 Å². The fraction of sp³-hybridized carbons (Fsp3) is 0.381. The molecule has 2 N–H and O–H groups in total. The van der Waals surface area contributed by atoms with Crippen molar-refractivity contribution in [1.82, 2.24) is 9.80 Å². The van der Waals surface area contributed by atoms with Gasteiger partial charge in [-0.15, -0.1) is 0 Å².